The molecule has 0 saturated heterocycles. The Kier molecular flexibility index (Phi) is 4.75. The molecule has 0 bridgehead atoms. The van der Waals surface area contributed by atoms with Crippen LogP contribution in [-0.4, -0.2) is 27.1 Å². The van der Waals surface area contributed by atoms with E-state index in [1.807, 2.05) is 20.8 Å². The smallest absolute Gasteiger partial charge is 0.242 e. The minimum Gasteiger partial charge on any atom is -0.353 e. The van der Waals surface area contributed by atoms with Crippen LogP contribution in [0.4, 0.5) is 5.95 Å². The molecule has 15 heavy (non-hydrogen) atoms. The van der Waals surface area contributed by atoms with E-state index in [9.17, 15) is 0 Å². The highest BCUT2D eigenvalue weighted by Crippen LogP contribution is 2.05. The van der Waals surface area contributed by atoms with Crippen LogP contribution in [0, 0.1) is 13.8 Å². The van der Waals surface area contributed by atoms with Crippen LogP contribution >= 0.6 is 11.6 Å². The molecular weight excluding hydrogens is 212 g/mol. The Morgan fingerprint density at radius 2 is 2.00 bits per heavy atom. The van der Waals surface area contributed by atoms with Crippen molar-refractivity contribution in [1.82, 2.24) is 15.2 Å². The molecule has 84 valence electrons. The number of halogens is 1. The van der Waals surface area contributed by atoms with Crippen LogP contribution in [0.3, 0.4) is 0 Å². The summed E-state index contributed by atoms with van der Waals surface area (Å²) in [7, 11) is 0. The molecule has 4 nitrogen and oxygen atoms in total. The van der Waals surface area contributed by atoms with Crippen molar-refractivity contribution in [3.8, 4) is 0 Å². The van der Waals surface area contributed by atoms with E-state index in [2.05, 4.69) is 20.5 Å². The van der Waals surface area contributed by atoms with Crippen molar-refractivity contribution in [3.05, 3.63) is 11.4 Å². The van der Waals surface area contributed by atoms with E-state index in [0.717, 1.165) is 30.8 Å². The predicted octanol–water partition coefficient (Wildman–Crippen LogP) is 2.31. The van der Waals surface area contributed by atoms with Crippen molar-refractivity contribution in [2.24, 2.45) is 0 Å². The largest absolute Gasteiger partial charge is 0.353 e. The van der Waals surface area contributed by atoms with E-state index >= 15 is 0 Å². The number of nitrogens with zero attached hydrogens (tertiary/aromatic N) is 3. The monoisotopic (exact) mass is 228 g/mol. The lowest BCUT2D eigenvalue weighted by molar-refractivity contribution is 0.743. The second kappa shape index (κ2) is 5.85. The maximum atomic E-state index is 5.83. The van der Waals surface area contributed by atoms with E-state index in [4.69, 9.17) is 11.6 Å². The lowest BCUT2D eigenvalue weighted by Gasteiger charge is -2.06. The summed E-state index contributed by atoms with van der Waals surface area (Å²) in [5.41, 5.74) is 1.79. The van der Waals surface area contributed by atoms with Gasteiger partial charge in [0.2, 0.25) is 5.95 Å². The normalized spacial score (nSPS) is 12.5. The molecule has 1 N–H and O–H groups in total. The van der Waals surface area contributed by atoms with Crippen molar-refractivity contribution in [2.75, 3.05) is 11.9 Å². The van der Waals surface area contributed by atoms with Gasteiger partial charge >= 0.3 is 0 Å². The quantitative estimate of drug-likeness (QED) is 0.621. The van der Waals surface area contributed by atoms with Crippen molar-refractivity contribution < 1.29 is 0 Å². The molecular formula is C10H17ClN4. The predicted molar refractivity (Wildman–Crippen MR) is 62.3 cm³/mol. The summed E-state index contributed by atoms with van der Waals surface area (Å²) in [4.78, 5) is 4.27. The summed E-state index contributed by atoms with van der Waals surface area (Å²) in [5, 5.41) is 11.3. The molecule has 0 saturated carbocycles. The zero-order chi connectivity index (χ0) is 11.3. The third kappa shape index (κ3) is 4.42. The highest BCUT2D eigenvalue weighted by atomic mass is 35.5. The van der Waals surface area contributed by atoms with Crippen LogP contribution in [0.2, 0.25) is 0 Å². The fraction of sp³-hybridized carbons (Fsp3) is 0.700. The third-order valence-electron chi connectivity index (χ3n) is 2.15. The number of anilines is 1. The molecule has 0 radical (unpaired) electrons. The molecule has 0 aromatic carbocycles. The molecule has 1 heterocycles. The molecule has 0 aliphatic heterocycles. The van der Waals surface area contributed by atoms with Crippen LogP contribution in [0.1, 0.15) is 31.2 Å². The molecule has 1 rings (SSSR count). The summed E-state index contributed by atoms with van der Waals surface area (Å²) < 4.78 is 0. The van der Waals surface area contributed by atoms with Gasteiger partial charge < -0.3 is 5.32 Å². The van der Waals surface area contributed by atoms with Gasteiger partial charge in [0.05, 0.1) is 11.4 Å². The summed E-state index contributed by atoms with van der Waals surface area (Å²) >= 11 is 5.83. The van der Waals surface area contributed by atoms with Crippen LogP contribution in [0.25, 0.3) is 0 Å². The lowest BCUT2D eigenvalue weighted by atomic mass is 10.2. The zero-order valence-corrected chi connectivity index (χ0v) is 10.2. The maximum absolute atomic E-state index is 5.83. The van der Waals surface area contributed by atoms with Crippen molar-refractivity contribution in [3.63, 3.8) is 0 Å². The molecule has 0 aliphatic carbocycles. The third-order valence-corrected chi connectivity index (χ3v) is 2.37. The Hall–Kier alpha value is -0.900. The molecule has 0 spiro atoms. The second-order valence-electron chi connectivity index (χ2n) is 3.66. The molecule has 0 fully saturated rings. The molecule has 0 aliphatic rings. The van der Waals surface area contributed by atoms with Gasteiger partial charge in [0.1, 0.15) is 0 Å². The highest BCUT2D eigenvalue weighted by Gasteiger charge is 2.01. The van der Waals surface area contributed by atoms with Crippen molar-refractivity contribution in [1.29, 1.82) is 0 Å². The first-order chi connectivity index (χ1) is 7.09. The molecule has 1 aromatic rings. The maximum Gasteiger partial charge on any atom is 0.242 e. The fourth-order valence-electron chi connectivity index (χ4n) is 1.12. The van der Waals surface area contributed by atoms with Crippen molar-refractivity contribution >= 4 is 17.5 Å². The summed E-state index contributed by atoms with van der Waals surface area (Å²) in [6.07, 6.45) is 2.01. The van der Waals surface area contributed by atoms with Crippen LogP contribution in [0.15, 0.2) is 0 Å². The van der Waals surface area contributed by atoms with Gasteiger partial charge in [-0.25, -0.2) is 4.98 Å². The van der Waals surface area contributed by atoms with Gasteiger partial charge in [0.25, 0.3) is 0 Å². The van der Waals surface area contributed by atoms with Crippen LogP contribution < -0.4 is 5.32 Å². The van der Waals surface area contributed by atoms with E-state index in [1.165, 1.54) is 0 Å². The van der Waals surface area contributed by atoms with Gasteiger partial charge in [-0.1, -0.05) is 0 Å². The minimum atomic E-state index is 0.227. The van der Waals surface area contributed by atoms with Gasteiger partial charge in [0.15, 0.2) is 0 Å². The summed E-state index contributed by atoms with van der Waals surface area (Å²) in [5.74, 6) is 0.598. The Morgan fingerprint density at radius 1 is 1.27 bits per heavy atom. The van der Waals surface area contributed by atoms with Gasteiger partial charge in [-0.2, -0.15) is 5.10 Å². The second-order valence-corrected chi connectivity index (χ2v) is 4.40. The number of aromatic nitrogens is 3. The minimum absolute atomic E-state index is 0.227. The zero-order valence-electron chi connectivity index (χ0n) is 9.42. The van der Waals surface area contributed by atoms with E-state index in [-0.39, 0.29) is 5.38 Å². The topological polar surface area (TPSA) is 50.7 Å². The number of hydrogen-bond donors (Lipinski definition) is 1. The first kappa shape index (κ1) is 12.2. The molecule has 5 heteroatoms. The SMILES string of the molecule is Cc1nnc(NCCCC(C)Cl)nc1C. The fourth-order valence-corrected chi connectivity index (χ4v) is 1.27. The number of rotatable bonds is 5. The first-order valence-electron chi connectivity index (χ1n) is 5.15. The van der Waals surface area contributed by atoms with Gasteiger partial charge in [0, 0.05) is 11.9 Å². The number of aryl methyl sites for hydroxylation is 2. The lowest BCUT2D eigenvalue weighted by Crippen LogP contribution is -2.09. The summed E-state index contributed by atoms with van der Waals surface area (Å²) in [6.45, 7) is 6.65. The summed E-state index contributed by atoms with van der Waals surface area (Å²) in [6, 6.07) is 0. The van der Waals surface area contributed by atoms with Crippen LogP contribution in [0.5, 0.6) is 0 Å². The molecule has 1 unspecified atom stereocenters. The Morgan fingerprint density at radius 3 is 2.60 bits per heavy atom. The Bertz CT molecular complexity index is 314. The molecule has 0 amide bonds. The van der Waals surface area contributed by atoms with Gasteiger partial charge in [-0.3, -0.25) is 0 Å². The van der Waals surface area contributed by atoms with E-state index in [1.54, 1.807) is 0 Å². The van der Waals surface area contributed by atoms with Crippen LogP contribution in [-0.2, 0) is 0 Å². The average molecular weight is 229 g/mol. The molecule has 1 aromatic heterocycles. The highest BCUT2D eigenvalue weighted by molar-refractivity contribution is 6.20. The number of alkyl halides is 1. The van der Waals surface area contributed by atoms with Crippen molar-refractivity contribution in [2.45, 2.75) is 39.0 Å². The number of nitrogens with one attached hydrogen (secondary N) is 1. The standard InChI is InChI=1S/C10H17ClN4/c1-7(11)5-4-6-12-10-13-8(2)9(3)14-15-10/h7H,4-6H2,1-3H3,(H,12,13,15). The Balaban J connectivity index is 2.35. The average Bonchev–Trinajstić information content (AvgIpc) is 2.18. The van der Waals surface area contributed by atoms with E-state index in [0.29, 0.717) is 5.95 Å². The van der Waals surface area contributed by atoms with E-state index < -0.39 is 0 Å². The first-order valence-corrected chi connectivity index (χ1v) is 5.59. The van der Waals surface area contributed by atoms with Gasteiger partial charge in [-0.15, -0.1) is 16.7 Å². The Labute approximate surface area is 95.5 Å². The molecule has 1 atom stereocenters. The van der Waals surface area contributed by atoms with Gasteiger partial charge in [-0.05, 0) is 33.6 Å². The number of hydrogen-bond acceptors (Lipinski definition) is 4.